The molecule has 4 heteroatoms. The molecule has 0 radical (unpaired) electrons. The van der Waals surface area contributed by atoms with Gasteiger partial charge in [0.25, 0.3) is 10.0 Å². The van der Waals surface area contributed by atoms with Gasteiger partial charge in [-0.25, -0.2) is 12.4 Å². The zero-order valence-electron chi connectivity index (χ0n) is 18.4. The average molecular weight is 424 g/mol. The van der Waals surface area contributed by atoms with E-state index in [1.165, 1.54) is 25.7 Å². The van der Waals surface area contributed by atoms with Gasteiger partial charge in [-0.1, -0.05) is 87.1 Å². The highest BCUT2D eigenvalue weighted by Gasteiger charge is 2.25. The summed E-state index contributed by atoms with van der Waals surface area (Å²) in [5.74, 6) is 0. The second-order valence-electron chi connectivity index (χ2n) is 8.13. The molecule has 0 fully saturated rings. The third kappa shape index (κ3) is 5.04. The van der Waals surface area contributed by atoms with Crippen molar-refractivity contribution in [2.75, 3.05) is 0 Å². The smallest absolute Gasteiger partial charge is 0.238 e. The Morgan fingerprint density at radius 1 is 0.800 bits per heavy atom. The van der Waals surface area contributed by atoms with E-state index in [1.807, 2.05) is 62.4 Å². The maximum Gasteiger partial charge on any atom is 0.268 e. The van der Waals surface area contributed by atoms with Crippen molar-refractivity contribution in [1.82, 2.24) is 3.97 Å². The fourth-order valence-corrected chi connectivity index (χ4v) is 5.56. The largest absolute Gasteiger partial charge is 0.268 e. The Morgan fingerprint density at radius 2 is 1.43 bits per heavy atom. The SMILES string of the molecule is CCCCCCCCc1c(C)cc(-c2ccccc2)n1S(=O)(=O)c1ccc(C)cc1. The van der Waals surface area contributed by atoms with Crippen LogP contribution in [0.4, 0.5) is 0 Å². The molecule has 160 valence electrons. The van der Waals surface area contributed by atoms with Gasteiger partial charge in [-0.05, 0) is 56.0 Å². The molecule has 3 rings (SSSR count). The van der Waals surface area contributed by atoms with Crippen LogP contribution in [-0.4, -0.2) is 12.4 Å². The molecule has 0 aliphatic heterocycles. The molecule has 0 N–H and O–H groups in total. The van der Waals surface area contributed by atoms with E-state index in [-0.39, 0.29) is 0 Å². The fraction of sp³-hybridized carbons (Fsp3) is 0.385. The molecule has 0 spiro atoms. The Balaban J connectivity index is 2.00. The summed E-state index contributed by atoms with van der Waals surface area (Å²) in [6, 6.07) is 19.0. The van der Waals surface area contributed by atoms with Gasteiger partial charge in [-0.3, -0.25) is 0 Å². The van der Waals surface area contributed by atoms with E-state index < -0.39 is 10.0 Å². The molecular formula is C26H33NO2S. The van der Waals surface area contributed by atoms with E-state index in [0.29, 0.717) is 4.90 Å². The van der Waals surface area contributed by atoms with Crippen LogP contribution in [0, 0.1) is 13.8 Å². The lowest BCUT2D eigenvalue weighted by Crippen LogP contribution is -2.17. The zero-order chi connectivity index (χ0) is 21.6. The zero-order valence-corrected chi connectivity index (χ0v) is 19.2. The number of aryl methyl sites for hydroxylation is 2. The highest BCUT2D eigenvalue weighted by atomic mass is 32.2. The van der Waals surface area contributed by atoms with Crippen molar-refractivity contribution >= 4 is 10.0 Å². The van der Waals surface area contributed by atoms with Gasteiger partial charge in [0, 0.05) is 5.69 Å². The second-order valence-corrected chi connectivity index (χ2v) is 9.91. The fourth-order valence-electron chi connectivity index (χ4n) is 3.92. The van der Waals surface area contributed by atoms with Gasteiger partial charge in [-0.15, -0.1) is 0 Å². The third-order valence-electron chi connectivity index (χ3n) is 5.67. The van der Waals surface area contributed by atoms with Gasteiger partial charge in [0.05, 0.1) is 10.6 Å². The molecular weight excluding hydrogens is 390 g/mol. The van der Waals surface area contributed by atoms with Crippen molar-refractivity contribution in [2.24, 2.45) is 0 Å². The van der Waals surface area contributed by atoms with Crippen molar-refractivity contribution in [2.45, 2.75) is 70.6 Å². The molecule has 2 aromatic carbocycles. The Hall–Kier alpha value is -2.33. The maximum absolute atomic E-state index is 13.7. The Labute approximate surface area is 181 Å². The number of benzene rings is 2. The number of unbranched alkanes of at least 4 members (excludes halogenated alkanes) is 5. The lowest BCUT2D eigenvalue weighted by molar-refractivity contribution is 0.580. The maximum atomic E-state index is 13.7. The molecule has 0 amide bonds. The second kappa shape index (κ2) is 10.1. The van der Waals surface area contributed by atoms with Gasteiger partial charge < -0.3 is 0 Å². The Morgan fingerprint density at radius 3 is 2.10 bits per heavy atom. The molecule has 1 aromatic heterocycles. The highest BCUT2D eigenvalue weighted by molar-refractivity contribution is 7.90. The molecule has 0 aliphatic rings. The molecule has 0 saturated carbocycles. The lowest BCUT2D eigenvalue weighted by Gasteiger charge is -2.15. The van der Waals surface area contributed by atoms with Gasteiger partial charge in [0.15, 0.2) is 0 Å². The number of hydrogen-bond acceptors (Lipinski definition) is 2. The summed E-state index contributed by atoms with van der Waals surface area (Å²) in [6.07, 6.45) is 7.89. The number of aromatic nitrogens is 1. The van der Waals surface area contributed by atoms with Crippen LogP contribution in [0.5, 0.6) is 0 Å². The molecule has 0 atom stereocenters. The monoisotopic (exact) mass is 423 g/mol. The van der Waals surface area contributed by atoms with E-state index in [4.69, 9.17) is 0 Å². The van der Waals surface area contributed by atoms with Crippen LogP contribution in [0.2, 0.25) is 0 Å². The van der Waals surface area contributed by atoms with Crippen LogP contribution >= 0.6 is 0 Å². The molecule has 1 heterocycles. The lowest BCUT2D eigenvalue weighted by atomic mass is 10.1. The van der Waals surface area contributed by atoms with E-state index >= 15 is 0 Å². The Kier molecular flexibility index (Phi) is 7.54. The molecule has 0 unspecified atom stereocenters. The predicted octanol–water partition coefficient (Wildman–Crippen LogP) is 6.91. The first-order chi connectivity index (χ1) is 14.4. The van der Waals surface area contributed by atoms with Crippen molar-refractivity contribution in [3.05, 3.63) is 77.5 Å². The summed E-state index contributed by atoms with van der Waals surface area (Å²) >= 11 is 0. The van der Waals surface area contributed by atoms with Crippen LogP contribution in [0.15, 0.2) is 65.6 Å². The minimum absolute atomic E-state index is 0.338. The molecule has 0 bridgehead atoms. The van der Waals surface area contributed by atoms with Gasteiger partial charge >= 0.3 is 0 Å². The summed E-state index contributed by atoms with van der Waals surface area (Å²) in [7, 11) is -3.68. The normalized spacial score (nSPS) is 11.7. The molecule has 30 heavy (non-hydrogen) atoms. The van der Waals surface area contributed by atoms with Crippen LogP contribution in [0.1, 0.15) is 62.3 Å². The van der Waals surface area contributed by atoms with E-state index in [9.17, 15) is 8.42 Å². The van der Waals surface area contributed by atoms with E-state index in [0.717, 1.165) is 47.3 Å². The molecule has 0 aliphatic carbocycles. The topological polar surface area (TPSA) is 39.1 Å². The average Bonchev–Trinajstić information content (AvgIpc) is 3.08. The number of hydrogen-bond donors (Lipinski definition) is 0. The molecule has 3 aromatic rings. The van der Waals surface area contributed by atoms with Crippen molar-refractivity contribution < 1.29 is 8.42 Å². The minimum atomic E-state index is -3.68. The van der Waals surface area contributed by atoms with Crippen LogP contribution in [-0.2, 0) is 16.4 Å². The van der Waals surface area contributed by atoms with Crippen LogP contribution in [0.25, 0.3) is 11.3 Å². The first kappa shape index (κ1) is 22.4. The number of nitrogens with zero attached hydrogens (tertiary/aromatic N) is 1. The summed E-state index contributed by atoms with van der Waals surface area (Å²) in [4.78, 5) is 0.338. The quantitative estimate of drug-likeness (QED) is 0.332. The summed E-state index contributed by atoms with van der Waals surface area (Å²) in [5, 5.41) is 0. The van der Waals surface area contributed by atoms with Crippen LogP contribution in [0.3, 0.4) is 0 Å². The summed E-state index contributed by atoms with van der Waals surface area (Å²) < 4.78 is 29.0. The minimum Gasteiger partial charge on any atom is -0.238 e. The van der Waals surface area contributed by atoms with Crippen molar-refractivity contribution in [1.29, 1.82) is 0 Å². The standard InChI is InChI=1S/C26H33NO2S/c1-4-5-6-7-8-12-15-25-22(3)20-26(23-13-10-9-11-14-23)27(25)30(28,29)24-18-16-21(2)17-19-24/h9-11,13-14,16-20H,4-8,12,15H2,1-3H3. The number of rotatable bonds is 10. The van der Waals surface area contributed by atoms with Gasteiger partial charge in [0.2, 0.25) is 0 Å². The summed E-state index contributed by atoms with van der Waals surface area (Å²) in [5.41, 5.74) is 4.66. The predicted molar refractivity (Wildman–Crippen MR) is 125 cm³/mol. The molecule has 3 nitrogen and oxygen atoms in total. The van der Waals surface area contributed by atoms with Gasteiger partial charge in [-0.2, -0.15) is 0 Å². The van der Waals surface area contributed by atoms with Crippen molar-refractivity contribution in [3.63, 3.8) is 0 Å². The Bertz CT molecular complexity index is 1050. The van der Waals surface area contributed by atoms with Crippen molar-refractivity contribution in [3.8, 4) is 11.3 Å². The van der Waals surface area contributed by atoms with E-state index in [2.05, 4.69) is 6.92 Å². The van der Waals surface area contributed by atoms with E-state index in [1.54, 1.807) is 16.1 Å². The van der Waals surface area contributed by atoms with Gasteiger partial charge in [0.1, 0.15) is 0 Å². The first-order valence-corrected chi connectivity index (χ1v) is 12.5. The van der Waals surface area contributed by atoms with Crippen LogP contribution < -0.4 is 0 Å². The molecule has 0 saturated heterocycles. The highest BCUT2D eigenvalue weighted by Crippen LogP contribution is 2.31. The summed E-state index contributed by atoms with van der Waals surface area (Å²) in [6.45, 7) is 6.22. The first-order valence-electron chi connectivity index (χ1n) is 11.0. The third-order valence-corrected chi connectivity index (χ3v) is 7.43.